The van der Waals surface area contributed by atoms with Crippen LogP contribution in [0.1, 0.15) is 12.5 Å². The zero-order chi connectivity index (χ0) is 17.2. The van der Waals surface area contributed by atoms with Crippen LogP contribution in [0, 0.1) is 0 Å². The third kappa shape index (κ3) is 3.25. The number of aromatic nitrogens is 3. The van der Waals surface area contributed by atoms with E-state index in [1.807, 2.05) is 53.9 Å². The van der Waals surface area contributed by atoms with Gasteiger partial charge in [0.2, 0.25) is 12.7 Å². The molecule has 3 aromatic rings. The number of carbonyl (C=O) groups is 1. The van der Waals surface area contributed by atoms with Gasteiger partial charge in [-0.05, 0) is 36.8 Å². The molecule has 1 aliphatic rings. The van der Waals surface area contributed by atoms with Crippen LogP contribution in [-0.2, 0) is 11.3 Å². The molecule has 3 heterocycles. The fourth-order valence-corrected chi connectivity index (χ4v) is 3.36. The maximum atomic E-state index is 12.4. The van der Waals surface area contributed by atoms with Crippen LogP contribution in [0.25, 0.3) is 5.65 Å². The topological polar surface area (TPSA) is 77.8 Å². The quantitative estimate of drug-likeness (QED) is 0.707. The third-order valence-corrected chi connectivity index (χ3v) is 4.89. The van der Waals surface area contributed by atoms with Crippen LogP contribution >= 0.6 is 11.8 Å². The van der Waals surface area contributed by atoms with E-state index in [1.165, 1.54) is 11.8 Å². The first-order valence-electron chi connectivity index (χ1n) is 7.83. The van der Waals surface area contributed by atoms with Gasteiger partial charge in [-0.2, -0.15) is 0 Å². The second kappa shape index (κ2) is 6.64. The van der Waals surface area contributed by atoms with Gasteiger partial charge in [0.1, 0.15) is 0 Å². The van der Waals surface area contributed by atoms with Gasteiger partial charge >= 0.3 is 0 Å². The van der Waals surface area contributed by atoms with Gasteiger partial charge in [-0.3, -0.25) is 9.20 Å². The van der Waals surface area contributed by atoms with Gasteiger partial charge in [0.05, 0.1) is 5.25 Å². The Bertz CT molecular complexity index is 927. The Labute approximate surface area is 148 Å². The Hall–Kier alpha value is -2.74. The first-order valence-corrected chi connectivity index (χ1v) is 8.71. The van der Waals surface area contributed by atoms with E-state index >= 15 is 0 Å². The first-order chi connectivity index (χ1) is 12.2. The number of nitrogens with zero attached hydrogens (tertiary/aromatic N) is 3. The summed E-state index contributed by atoms with van der Waals surface area (Å²) in [5.74, 6) is 1.39. The minimum Gasteiger partial charge on any atom is -0.454 e. The van der Waals surface area contributed by atoms with Crippen molar-refractivity contribution in [2.24, 2.45) is 0 Å². The van der Waals surface area contributed by atoms with E-state index in [2.05, 4.69) is 15.5 Å². The average Bonchev–Trinajstić information content (AvgIpc) is 3.26. The Morgan fingerprint density at radius 2 is 2.16 bits per heavy atom. The molecule has 2 aromatic heterocycles. The number of ether oxygens (including phenoxy) is 2. The molecule has 1 aliphatic heterocycles. The van der Waals surface area contributed by atoms with Crippen molar-refractivity contribution in [3.8, 4) is 11.5 Å². The van der Waals surface area contributed by atoms with Crippen molar-refractivity contribution < 1.29 is 14.3 Å². The van der Waals surface area contributed by atoms with Crippen molar-refractivity contribution in [1.82, 2.24) is 19.9 Å². The van der Waals surface area contributed by atoms with Crippen molar-refractivity contribution >= 4 is 23.3 Å². The highest BCUT2D eigenvalue weighted by atomic mass is 32.2. The molecule has 0 saturated heterocycles. The van der Waals surface area contributed by atoms with Crippen LogP contribution < -0.4 is 14.8 Å². The summed E-state index contributed by atoms with van der Waals surface area (Å²) in [6.45, 7) is 2.52. The van der Waals surface area contributed by atoms with E-state index in [0.29, 0.717) is 17.5 Å². The molecule has 0 radical (unpaired) electrons. The zero-order valence-electron chi connectivity index (χ0n) is 13.5. The predicted octanol–water partition coefficient (Wildman–Crippen LogP) is 2.25. The number of nitrogens with one attached hydrogen (secondary N) is 1. The summed E-state index contributed by atoms with van der Waals surface area (Å²) >= 11 is 1.38. The highest BCUT2D eigenvalue weighted by Crippen LogP contribution is 2.32. The van der Waals surface area contributed by atoms with Crippen molar-refractivity contribution in [2.75, 3.05) is 6.79 Å². The number of amides is 1. The van der Waals surface area contributed by atoms with E-state index in [0.717, 1.165) is 17.0 Å². The summed E-state index contributed by atoms with van der Waals surface area (Å²) in [4.78, 5) is 12.4. The molecular weight excluding hydrogens is 340 g/mol. The second-order valence-corrected chi connectivity index (χ2v) is 6.88. The molecule has 1 amide bonds. The molecule has 4 rings (SSSR count). The van der Waals surface area contributed by atoms with Crippen LogP contribution in [0.3, 0.4) is 0 Å². The van der Waals surface area contributed by atoms with E-state index in [1.54, 1.807) is 0 Å². The van der Waals surface area contributed by atoms with Gasteiger partial charge in [-0.15, -0.1) is 10.2 Å². The van der Waals surface area contributed by atoms with Gasteiger partial charge in [-0.25, -0.2) is 0 Å². The van der Waals surface area contributed by atoms with Crippen LogP contribution in [0.2, 0.25) is 0 Å². The standard InChI is InChI=1S/C17H16N4O3S/c1-11(25-17-20-19-15-4-2-3-7-21(15)17)16(22)18-9-12-5-6-13-14(8-12)24-10-23-13/h2-8,11H,9-10H2,1H3,(H,18,22)/t11-/m0/s1. The van der Waals surface area contributed by atoms with Gasteiger partial charge in [0, 0.05) is 12.7 Å². The molecule has 0 fully saturated rings. The van der Waals surface area contributed by atoms with Crippen molar-refractivity contribution in [3.05, 3.63) is 48.2 Å². The summed E-state index contributed by atoms with van der Waals surface area (Å²) in [7, 11) is 0. The van der Waals surface area contributed by atoms with E-state index < -0.39 is 0 Å². The van der Waals surface area contributed by atoms with E-state index in [4.69, 9.17) is 9.47 Å². The molecule has 0 saturated carbocycles. The first kappa shape index (κ1) is 15.8. The Kier molecular flexibility index (Phi) is 4.19. The monoisotopic (exact) mass is 356 g/mol. The van der Waals surface area contributed by atoms with Gasteiger partial charge in [-0.1, -0.05) is 23.9 Å². The number of fused-ring (bicyclic) bond motifs is 2. The molecule has 25 heavy (non-hydrogen) atoms. The smallest absolute Gasteiger partial charge is 0.233 e. The summed E-state index contributed by atoms with van der Waals surface area (Å²) in [6, 6.07) is 11.3. The predicted molar refractivity (Wildman–Crippen MR) is 92.7 cm³/mol. The fraction of sp³-hybridized carbons (Fsp3) is 0.235. The van der Waals surface area contributed by atoms with E-state index in [9.17, 15) is 4.79 Å². The number of carbonyl (C=O) groups excluding carboxylic acids is 1. The lowest BCUT2D eigenvalue weighted by Gasteiger charge is -2.11. The number of benzene rings is 1. The Morgan fingerprint density at radius 3 is 3.08 bits per heavy atom. The van der Waals surface area contributed by atoms with Gasteiger partial charge in [0.25, 0.3) is 0 Å². The van der Waals surface area contributed by atoms with Crippen molar-refractivity contribution in [2.45, 2.75) is 23.9 Å². The lowest BCUT2D eigenvalue weighted by molar-refractivity contribution is -0.120. The molecule has 8 heteroatoms. The maximum Gasteiger partial charge on any atom is 0.233 e. The lowest BCUT2D eigenvalue weighted by Crippen LogP contribution is -2.30. The zero-order valence-corrected chi connectivity index (χ0v) is 14.3. The van der Waals surface area contributed by atoms with Crippen LogP contribution in [-0.4, -0.2) is 32.5 Å². The molecule has 1 atom stereocenters. The van der Waals surface area contributed by atoms with Gasteiger partial charge in [0.15, 0.2) is 22.3 Å². The summed E-state index contributed by atoms with van der Waals surface area (Å²) in [6.07, 6.45) is 1.88. The number of rotatable bonds is 5. The molecule has 0 aliphatic carbocycles. The largest absolute Gasteiger partial charge is 0.454 e. The molecule has 0 spiro atoms. The van der Waals surface area contributed by atoms with Crippen LogP contribution in [0.15, 0.2) is 47.8 Å². The highest BCUT2D eigenvalue weighted by Gasteiger charge is 2.18. The van der Waals surface area contributed by atoms with Gasteiger partial charge < -0.3 is 14.8 Å². The molecule has 1 aromatic carbocycles. The SMILES string of the molecule is C[C@H](Sc1nnc2ccccn12)C(=O)NCc1ccc2c(c1)OCO2. The summed E-state index contributed by atoms with van der Waals surface area (Å²) in [5.41, 5.74) is 1.72. The number of hydrogen-bond donors (Lipinski definition) is 1. The molecule has 7 nitrogen and oxygen atoms in total. The number of pyridine rings is 1. The highest BCUT2D eigenvalue weighted by molar-refractivity contribution is 8.00. The fourth-order valence-electron chi connectivity index (χ4n) is 2.50. The minimum absolute atomic E-state index is 0.0599. The summed E-state index contributed by atoms with van der Waals surface area (Å²) < 4.78 is 12.5. The maximum absolute atomic E-state index is 12.4. The Balaban J connectivity index is 1.37. The molecular formula is C17H16N4O3S. The van der Waals surface area contributed by atoms with Crippen LogP contribution in [0.4, 0.5) is 0 Å². The van der Waals surface area contributed by atoms with Crippen molar-refractivity contribution in [3.63, 3.8) is 0 Å². The van der Waals surface area contributed by atoms with E-state index in [-0.39, 0.29) is 18.0 Å². The van der Waals surface area contributed by atoms with Crippen molar-refractivity contribution in [1.29, 1.82) is 0 Å². The average molecular weight is 356 g/mol. The normalized spacial score (nSPS) is 13.8. The molecule has 0 unspecified atom stereocenters. The second-order valence-electron chi connectivity index (χ2n) is 5.58. The summed E-state index contributed by atoms with van der Waals surface area (Å²) in [5, 5.41) is 11.6. The molecule has 128 valence electrons. The van der Waals surface area contributed by atoms with Crippen LogP contribution in [0.5, 0.6) is 11.5 Å². The number of hydrogen-bond acceptors (Lipinski definition) is 6. The Morgan fingerprint density at radius 1 is 1.28 bits per heavy atom. The minimum atomic E-state index is -0.290. The molecule has 0 bridgehead atoms. The third-order valence-electron chi connectivity index (χ3n) is 3.84. The number of thioether (sulfide) groups is 1. The lowest BCUT2D eigenvalue weighted by atomic mass is 10.2. The molecule has 1 N–H and O–H groups in total.